The summed E-state index contributed by atoms with van der Waals surface area (Å²) in [6, 6.07) is 9.81. The number of hydrogen-bond acceptors (Lipinski definition) is 3. The predicted molar refractivity (Wildman–Crippen MR) is 94.9 cm³/mol. The molecule has 3 aromatic heterocycles. The fourth-order valence-electron chi connectivity index (χ4n) is 2.55. The average molecular weight is 325 g/mol. The quantitative estimate of drug-likeness (QED) is 0.703. The molecule has 0 aliphatic rings. The summed E-state index contributed by atoms with van der Waals surface area (Å²) in [5.41, 5.74) is 3.78. The number of aromatic nitrogens is 2. The molecule has 0 saturated heterocycles. The Kier molecular flexibility index (Phi) is 4.57. The lowest BCUT2D eigenvalue weighted by atomic mass is 10.2. The third-order valence-corrected chi connectivity index (χ3v) is 4.43. The SMILES string of the molecule is C=C(C)Cn1c(C(=O)NCCc2ccccn2)cc2sccc21. The van der Waals surface area contributed by atoms with E-state index in [1.807, 2.05) is 47.2 Å². The second kappa shape index (κ2) is 6.79. The number of thiophene rings is 1. The van der Waals surface area contributed by atoms with Gasteiger partial charge in [0.15, 0.2) is 0 Å². The summed E-state index contributed by atoms with van der Waals surface area (Å²) in [7, 11) is 0. The minimum absolute atomic E-state index is 0.0504. The molecule has 3 rings (SSSR count). The maximum absolute atomic E-state index is 12.5. The lowest BCUT2D eigenvalue weighted by Gasteiger charge is -2.10. The molecule has 1 amide bonds. The molecular weight excluding hydrogens is 306 g/mol. The molecule has 3 heterocycles. The van der Waals surface area contributed by atoms with Crippen molar-refractivity contribution < 1.29 is 4.79 Å². The summed E-state index contributed by atoms with van der Waals surface area (Å²) in [6.45, 7) is 7.17. The van der Waals surface area contributed by atoms with Gasteiger partial charge in [-0.25, -0.2) is 0 Å². The third kappa shape index (κ3) is 3.51. The van der Waals surface area contributed by atoms with E-state index in [9.17, 15) is 4.79 Å². The first-order chi connectivity index (χ1) is 11.1. The Labute approximate surface area is 139 Å². The molecule has 5 heteroatoms. The highest BCUT2D eigenvalue weighted by atomic mass is 32.1. The highest BCUT2D eigenvalue weighted by Gasteiger charge is 2.16. The van der Waals surface area contributed by atoms with E-state index in [4.69, 9.17) is 0 Å². The van der Waals surface area contributed by atoms with Crippen molar-refractivity contribution in [2.45, 2.75) is 19.9 Å². The van der Waals surface area contributed by atoms with Crippen molar-refractivity contribution in [3.05, 3.63) is 65.4 Å². The van der Waals surface area contributed by atoms with Crippen LogP contribution in [0.3, 0.4) is 0 Å². The number of carbonyl (C=O) groups is 1. The van der Waals surface area contributed by atoms with Gasteiger partial charge in [0, 0.05) is 31.4 Å². The molecule has 0 spiro atoms. The Morgan fingerprint density at radius 3 is 3.00 bits per heavy atom. The zero-order valence-corrected chi connectivity index (χ0v) is 13.9. The molecule has 23 heavy (non-hydrogen) atoms. The van der Waals surface area contributed by atoms with Crippen LogP contribution in [0.5, 0.6) is 0 Å². The second-order valence-corrected chi connectivity index (χ2v) is 6.52. The van der Waals surface area contributed by atoms with Crippen LogP contribution in [0.25, 0.3) is 10.2 Å². The zero-order valence-electron chi connectivity index (χ0n) is 13.1. The molecule has 118 valence electrons. The molecule has 0 saturated carbocycles. The van der Waals surface area contributed by atoms with Gasteiger partial charge in [0.2, 0.25) is 0 Å². The van der Waals surface area contributed by atoms with Gasteiger partial charge in [-0.15, -0.1) is 11.3 Å². The molecule has 0 radical (unpaired) electrons. The minimum Gasteiger partial charge on any atom is -0.350 e. The van der Waals surface area contributed by atoms with Crippen LogP contribution >= 0.6 is 11.3 Å². The maximum atomic E-state index is 12.5. The van der Waals surface area contributed by atoms with Crippen LogP contribution in [0, 0.1) is 0 Å². The lowest BCUT2D eigenvalue weighted by molar-refractivity contribution is 0.0945. The van der Waals surface area contributed by atoms with Gasteiger partial charge in [-0.1, -0.05) is 18.2 Å². The first-order valence-electron chi connectivity index (χ1n) is 7.54. The standard InChI is InChI=1S/C18H19N3OS/c1-13(2)12-21-15-7-10-23-17(15)11-16(21)18(22)20-9-6-14-5-3-4-8-19-14/h3-5,7-8,10-11H,1,6,9,12H2,2H3,(H,20,22). The van der Waals surface area contributed by atoms with Crippen LogP contribution in [0.15, 0.2) is 54.1 Å². The number of carbonyl (C=O) groups excluding carboxylic acids is 1. The van der Waals surface area contributed by atoms with Gasteiger partial charge in [-0.05, 0) is 36.6 Å². The number of pyridine rings is 1. The molecule has 4 nitrogen and oxygen atoms in total. The van der Waals surface area contributed by atoms with E-state index in [1.165, 1.54) is 0 Å². The van der Waals surface area contributed by atoms with Crippen LogP contribution in [0.2, 0.25) is 0 Å². The summed E-state index contributed by atoms with van der Waals surface area (Å²) < 4.78 is 3.16. The average Bonchev–Trinajstić information content (AvgIpc) is 3.11. The highest BCUT2D eigenvalue weighted by molar-refractivity contribution is 7.17. The summed E-state index contributed by atoms with van der Waals surface area (Å²) in [5, 5.41) is 5.03. The van der Waals surface area contributed by atoms with Gasteiger partial charge in [0.05, 0.1) is 10.2 Å². The molecule has 0 atom stereocenters. The third-order valence-electron chi connectivity index (χ3n) is 3.58. The van der Waals surface area contributed by atoms with E-state index >= 15 is 0 Å². The number of nitrogens with one attached hydrogen (secondary N) is 1. The predicted octanol–water partition coefficient (Wildman–Crippen LogP) is 3.65. The second-order valence-electron chi connectivity index (χ2n) is 5.57. The smallest absolute Gasteiger partial charge is 0.267 e. The largest absolute Gasteiger partial charge is 0.350 e. The summed E-state index contributed by atoms with van der Waals surface area (Å²) in [6.07, 6.45) is 2.49. The van der Waals surface area contributed by atoms with Crippen molar-refractivity contribution in [1.82, 2.24) is 14.9 Å². The minimum atomic E-state index is -0.0504. The van der Waals surface area contributed by atoms with Crippen LogP contribution in [-0.2, 0) is 13.0 Å². The molecule has 0 unspecified atom stereocenters. The fraction of sp³-hybridized carbons (Fsp3) is 0.222. The Morgan fingerprint density at radius 1 is 1.39 bits per heavy atom. The van der Waals surface area contributed by atoms with Crippen molar-refractivity contribution in [1.29, 1.82) is 0 Å². The van der Waals surface area contributed by atoms with Gasteiger partial charge in [-0.3, -0.25) is 9.78 Å². The number of allylic oxidation sites excluding steroid dienone is 1. The van der Waals surface area contributed by atoms with Gasteiger partial charge in [0.25, 0.3) is 5.91 Å². The number of rotatable bonds is 6. The van der Waals surface area contributed by atoms with Crippen LogP contribution in [0.4, 0.5) is 0 Å². The first kappa shape index (κ1) is 15.5. The molecule has 0 fully saturated rings. The van der Waals surface area contributed by atoms with E-state index in [-0.39, 0.29) is 5.91 Å². The zero-order chi connectivity index (χ0) is 16.2. The normalized spacial score (nSPS) is 10.8. The van der Waals surface area contributed by atoms with E-state index in [2.05, 4.69) is 16.9 Å². The fourth-order valence-corrected chi connectivity index (χ4v) is 3.37. The molecule has 0 aromatic carbocycles. The maximum Gasteiger partial charge on any atom is 0.267 e. The molecule has 0 aliphatic heterocycles. The van der Waals surface area contributed by atoms with Crippen molar-refractivity contribution in [2.24, 2.45) is 0 Å². The molecule has 3 aromatic rings. The van der Waals surface area contributed by atoms with Crippen molar-refractivity contribution in [3.63, 3.8) is 0 Å². The topological polar surface area (TPSA) is 46.9 Å². The van der Waals surface area contributed by atoms with E-state index in [0.29, 0.717) is 18.8 Å². The van der Waals surface area contributed by atoms with Gasteiger partial charge >= 0.3 is 0 Å². The van der Waals surface area contributed by atoms with Crippen molar-refractivity contribution in [3.8, 4) is 0 Å². The van der Waals surface area contributed by atoms with Crippen LogP contribution < -0.4 is 5.32 Å². The Balaban J connectivity index is 1.72. The highest BCUT2D eigenvalue weighted by Crippen LogP contribution is 2.26. The number of nitrogens with zero attached hydrogens (tertiary/aromatic N) is 2. The van der Waals surface area contributed by atoms with Crippen molar-refractivity contribution >= 4 is 27.5 Å². The van der Waals surface area contributed by atoms with E-state index < -0.39 is 0 Å². The number of amides is 1. The summed E-state index contributed by atoms with van der Waals surface area (Å²) in [4.78, 5) is 16.8. The lowest BCUT2D eigenvalue weighted by Crippen LogP contribution is -2.28. The molecule has 0 bridgehead atoms. The first-order valence-corrected chi connectivity index (χ1v) is 8.42. The number of hydrogen-bond donors (Lipinski definition) is 1. The van der Waals surface area contributed by atoms with Gasteiger partial charge < -0.3 is 9.88 Å². The monoisotopic (exact) mass is 325 g/mol. The van der Waals surface area contributed by atoms with Gasteiger partial charge in [0.1, 0.15) is 5.69 Å². The summed E-state index contributed by atoms with van der Waals surface area (Å²) >= 11 is 1.65. The summed E-state index contributed by atoms with van der Waals surface area (Å²) in [5.74, 6) is -0.0504. The van der Waals surface area contributed by atoms with E-state index in [0.717, 1.165) is 27.9 Å². The molecule has 1 N–H and O–H groups in total. The van der Waals surface area contributed by atoms with Crippen LogP contribution in [0.1, 0.15) is 23.1 Å². The van der Waals surface area contributed by atoms with Gasteiger partial charge in [-0.2, -0.15) is 0 Å². The number of fused-ring (bicyclic) bond motifs is 1. The molecule has 0 aliphatic carbocycles. The van der Waals surface area contributed by atoms with Crippen LogP contribution in [-0.4, -0.2) is 22.0 Å². The van der Waals surface area contributed by atoms with E-state index in [1.54, 1.807) is 17.5 Å². The molecular formula is C18H19N3OS. The Morgan fingerprint density at radius 2 is 2.26 bits per heavy atom. The Hall–Kier alpha value is -2.40. The van der Waals surface area contributed by atoms with Crippen molar-refractivity contribution in [2.75, 3.05) is 6.54 Å². The Bertz CT molecular complexity index is 832.